The first-order valence-electron chi connectivity index (χ1n) is 6.69. The summed E-state index contributed by atoms with van der Waals surface area (Å²) in [7, 11) is 0. The Morgan fingerprint density at radius 2 is 1.95 bits per heavy atom. The Balaban J connectivity index is 2.12. The molecule has 0 saturated carbocycles. The van der Waals surface area contributed by atoms with E-state index in [0.29, 0.717) is 18.2 Å². The van der Waals surface area contributed by atoms with Crippen molar-refractivity contribution in [3.63, 3.8) is 0 Å². The zero-order valence-electron chi connectivity index (χ0n) is 11.8. The molecular formula is C15H20N4O. The lowest BCUT2D eigenvalue weighted by atomic mass is 10.1. The van der Waals surface area contributed by atoms with Gasteiger partial charge in [0.15, 0.2) is 0 Å². The molecule has 5 nitrogen and oxygen atoms in total. The van der Waals surface area contributed by atoms with E-state index >= 15 is 0 Å². The number of hydrogen-bond donors (Lipinski definition) is 2. The molecule has 0 saturated heterocycles. The van der Waals surface area contributed by atoms with Crippen molar-refractivity contribution in [2.75, 3.05) is 11.9 Å². The van der Waals surface area contributed by atoms with Gasteiger partial charge in [-0.2, -0.15) is 4.98 Å². The predicted molar refractivity (Wildman–Crippen MR) is 79.7 cm³/mol. The number of anilines is 1. The summed E-state index contributed by atoms with van der Waals surface area (Å²) in [5.41, 5.74) is 6.95. The van der Waals surface area contributed by atoms with Crippen LogP contribution in [0.4, 0.5) is 5.82 Å². The first kappa shape index (κ1) is 14.3. The van der Waals surface area contributed by atoms with Crippen molar-refractivity contribution in [2.24, 2.45) is 5.73 Å². The van der Waals surface area contributed by atoms with Gasteiger partial charge in [-0.3, -0.25) is 4.98 Å². The molecule has 0 aliphatic carbocycles. The molecule has 2 aromatic rings. The minimum absolute atomic E-state index is 0.000185. The highest BCUT2D eigenvalue weighted by Gasteiger charge is 2.10. The van der Waals surface area contributed by atoms with Gasteiger partial charge in [0.1, 0.15) is 5.82 Å². The first-order valence-corrected chi connectivity index (χ1v) is 6.69. The van der Waals surface area contributed by atoms with E-state index in [1.54, 1.807) is 12.4 Å². The smallest absolute Gasteiger partial charge is 0.234 e. The second-order valence-corrected chi connectivity index (χ2v) is 4.75. The molecule has 1 heterocycles. The number of nitrogens with two attached hydrogens (primary N) is 1. The van der Waals surface area contributed by atoms with Crippen molar-refractivity contribution in [1.82, 2.24) is 9.97 Å². The van der Waals surface area contributed by atoms with Gasteiger partial charge in [0.05, 0.1) is 24.5 Å². The van der Waals surface area contributed by atoms with E-state index in [4.69, 9.17) is 10.5 Å². The van der Waals surface area contributed by atoms with Crippen molar-refractivity contribution in [2.45, 2.75) is 26.0 Å². The van der Waals surface area contributed by atoms with Crippen LogP contribution < -0.4 is 15.8 Å². The summed E-state index contributed by atoms with van der Waals surface area (Å²) < 4.78 is 5.53. The molecule has 0 spiro atoms. The zero-order chi connectivity index (χ0) is 14.4. The Hall–Kier alpha value is -2.14. The van der Waals surface area contributed by atoms with Crippen LogP contribution in [0.1, 0.15) is 25.5 Å². The lowest BCUT2D eigenvalue weighted by molar-refractivity contribution is 0.232. The molecule has 2 rings (SSSR count). The second kappa shape index (κ2) is 6.86. The molecule has 0 fully saturated rings. The van der Waals surface area contributed by atoms with Gasteiger partial charge in [-0.1, -0.05) is 30.3 Å². The van der Waals surface area contributed by atoms with Gasteiger partial charge in [0.2, 0.25) is 5.88 Å². The fourth-order valence-electron chi connectivity index (χ4n) is 1.86. The molecule has 20 heavy (non-hydrogen) atoms. The third-order valence-corrected chi connectivity index (χ3v) is 2.73. The summed E-state index contributed by atoms with van der Waals surface area (Å²) >= 11 is 0. The highest BCUT2D eigenvalue weighted by Crippen LogP contribution is 2.18. The average molecular weight is 272 g/mol. The molecule has 0 amide bonds. The summed E-state index contributed by atoms with van der Waals surface area (Å²) in [6, 6.07) is 10.0. The van der Waals surface area contributed by atoms with Gasteiger partial charge in [0, 0.05) is 6.54 Å². The number of nitrogens with zero attached hydrogens (tertiary/aromatic N) is 2. The standard InChI is InChI=1S/C15H20N4O/c1-11(2)20-15-10-17-9-14(19-15)18-13(8-16)12-6-4-3-5-7-12/h3-7,9-11,13H,8,16H2,1-2H3,(H,18,19). The molecule has 0 aliphatic heterocycles. The lowest BCUT2D eigenvalue weighted by Crippen LogP contribution is -2.21. The van der Waals surface area contributed by atoms with E-state index in [0.717, 1.165) is 5.56 Å². The maximum atomic E-state index is 5.83. The minimum Gasteiger partial charge on any atom is -0.474 e. The number of hydrogen-bond acceptors (Lipinski definition) is 5. The maximum absolute atomic E-state index is 5.83. The Kier molecular flexibility index (Phi) is 4.90. The van der Waals surface area contributed by atoms with Crippen LogP contribution >= 0.6 is 0 Å². The number of ether oxygens (including phenoxy) is 1. The highest BCUT2D eigenvalue weighted by atomic mass is 16.5. The fourth-order valence-corrected chi connectivity index (χ4v) is 1.86. The fraction of sp³-hybridized carbons (Fsp3) is 0.333. The van der Waals surface area contributed by atoms with Crippen LogP contribution in [-0.4, -0.2) is 22.6 Å². The summed E-state index contributed by atoms with van der Waals surface area (Å²) in [6.45, 7) is 4.38. The predicted octanol–water partition coefficient (Wildman–Crippen LogP) is 2.38. The van der Waals surface area contributed by atoms with E-state index in [1.165, 1.54) is 0 Å². The molecule has 1 atom stereocenters. The topological polar surface area (TPSA) is 73.1 Å². The quantitative estimate of drug-likeness (QED) is 0.844. The molecule has 5 heteroatoms. The summed E-state index contributed by atoms with van der Waals surface area (Å²) in [4.78, 5) is 8.50. The largest absolute Gasteiger partial charge is 0.474 e. The third-order valence-electron chi connectivity index (χ3n) is 2.73. The zero-order valence-corrected chi connectivity index (χ0v) is 11.8. The van der Waals surface area contributed by atoms with Crippen LogP contribution in [0.15, 0.2) is 42.7 Å². The molecule has 1 aromatic heterocycles. The van der Waals surface area contributed by atoms with Gasteiger partial charge in [-0.25, -0.2) is 0 Å². The van der Waals surface area contributed by atoms with Crippen molar-refractivity contribution >= 4 is 5.82 Å². The summed E-state index contributed by atoms with van der Waals surface area (Å²) in [6.07, 6.45) is 3.34. The number of nitrogens with one attached hydrogen (secondary N) is 1. The molecule has 3 N–H and O–H groups in total. The maximum Gasteiger partial charge on any atom is 0.234 e. The van der Waals surface area contributed by atoms with Gasteiger partial charge in [-0.15, -0.1) is 0 Å². The molecule has 1 aromatic carbocycles. The van der Waals surface area contributed by atoms with Crippen molar-refractivity contribution in [3.8, 4) is 5.88 Å². The molecule has 1 unspecified atom stereocenters. The number of benzene rings is 1. The van der Waals surface area contributed by atoms with Gasteiger partial charge in [-0.05, 0) is 19.4 Å². The molecular weight excluding hydrogens is 252 g/mol. The van der Waals surface area contributed by atoms with E-state index < -0.39 is 0 Å². The van der Waals surface area contributed by atoms with Crippen LogP contribution in [0.2, 0.25) is 0 Å². The average Bonchev–Trinajstić information content (AvgIpc) is 2.45. The van der Waals surface area contributed by atoms with Crippen molar-refractivity contribution in [3.05, 3.63) is 48.3 Å². The Bertz CT molecular complexity index is 530. The van der Waals surface area contributed by atoms with Crippen LogP contribution in [0.3, 0.4) is 0 Å². The van der Waals surface area contributed by atoms with Gasteiger partial charge in [0.25, 0.3) is 0 Å². The third kappa shape index (κ3) is 3.93. The van der Waals surface area contributed by atoms with Crippen LogP contribution in [-0.2, 0) is 0 Å². The van der Waals surface area contributed by atoms with Gasteiger partial charge < -0.3 is 15.8 Å². The molecule has 0 aliphatic rings. The summed E-state index contributed by atoms with van der Waals surface area (Å²) in [5.74, 6) is 1.16. The van der Waals surface area contributed by atoms with Crippen LogP contribution in [0, 0.1) is 0 Å². The summed E-state index contributed by atoms with van der Waals surface area (Å²) in [5, 5.41) is 3.28. The van der Waals surface area contributed by atoms with E-state index in [1.807, 2.05) is 44.2 Å². The lowest BCUT2D eigenvalue weighted by Gasteiger charge is -2.18. The number of aromatic nitrogens is 2. The minimum atomic E-state index is -0.000185. The van der Waals surface area contributed by atoms with E-state index in [-0.39, 0.29) is 12.1 Å². The molecule has 106 valence electrons. The molecule has 0 bridgehead atoms. The van der Waals surface area contributed by atoms with Gasteiger partial charge >= 0.3 is 0 Å². The van der Waals surface area contributed by atoms with Crippen LogP contribution in [0.25, 0.3) is 0 Å². The van der Waals surface area contributed by atoms with E-state index in [2.05, 4.69) is 15.3 Å². The Morgan fingerprint density at radius 1 is 1.20 bits per heavy atom. The highest BCUT2D eigenvalue weighted by molar-refractivity contribution is 5.38. The normalized spacial score (nSPS) is 12.2. The Labute approximate surface area is 119 Å². The molecule has 0 radical (unpaired) electrons. The SMILES string of the molecule is CC(C)Oc1cncc(NC(CN)c2ccccc2)n1. The second-order valence-electron chi connectivity index (χ2n) is 4.75. The van der Waals surface area contributed by atoms with Crippen molar-refractivity contribution in [1.29, 1.82) is 0 Å². The van der Waals surface area contributed by atoms with E-state index in [9.17, 15) is 0 Å². The monoisotopic (exact) mass is 272 g/mol. The first-order chi connectivity index (χ1) is 9.69. The Morgan fingerprint density at radius 3 is 2.60 bits per heavy atom. The van der Waals surface area contributed by atoms with Crippen LogP contribution in [0.5, 0.6) is 5.88 Å². The number of rotatable bonds is 6. The van der Waals surface area contributed by atoms with Crippen molar-refractivity contribution < 1.29 is 4.74 Å².